The van der Waals surface area contributed by atoms with Gasteiger partial charge in [-0.3, -0.25) is 0 Å². The highest BCUT2D eigenvalue weighted by Gasteiger charge is 2.58. The summed E-state index contributed by atoms with van der Waals surface area (Å²) in [4.78, 5) is 0. The Balaban J connectivity index is 3.20. The van der Waals surface area contributed by atoms with Crippen LogP contribution in [-0.4, -0.2) is 11.3 Å². The number of hydrogen-bond acceptors (Lipinski definition) is 1. The first-order valence-electron chi connectivity index (χ1n) is 4.55. The van der Waals surface area contributed by atoms with Crippen molar-refractivity contribution < 1.29 is 27.1 Å². The summed E-state index contributed by atoms with van der Waals surface area (Å²) in [6.07, 6.45) is -5.91. The number of benzene rings is 1. The first kappa shape index (κ1) is 13.6. The molecule has 0 heterocycles. The van der Waals surface area contributed by atoms with Crippen molar-refractivity contribution in [3.8, 4) is 0 Å². The molecule has 0 spiro atoms. The number of aliphatic hydroxyl groups excluding tert-OH is 1. The van der Waals surface area contributed by atoms with E-state index < -0.39 is 23.8 Å². The zero-order chi connectivity index (χ0) is 13.3. The lowest BCUT2D eigenvalue weighted by molar-refractivity contribution is -0.289. The summed E-state index contributed by atoms with van der Waals surface area (Å²) in [5.74, 6) is -4.94. The molecule has 1 aromatic carbocycles. The first-order valence-corrected chi connectivity index (χ1v) is 4.55. The Morgan fingerprint density at radius 1 is 1.18 bits per heavy atom. The van der Waals surface area contributed by atoms with E-state index >= 15 is 0 Å². The molecular weight excluding hydrogens is 243 g/mol. The Morgan fingerprint density at radius 3 is 2.24 bits per heavy atom. The lowest BCUT2D eigenvalue weighted by Gasteiger charge is -2.20. The van der Waals surface area contributed by atoms with Crippen molar-refractivity contribution in [3.63, 3.8) is 0 Å². The molecule has 0 aliphatic heterocycles. The van der Waals surface area contributed by atoms with Crippen LogP contribution < -0.4 is 0 Å². The van der Waals surface area contributed by atoms with Gasteiger partial charge >= 0.3 is 12.1 Å². The van der Waals surface area contributed by atoms with Gasteiger partial charge in [0.25, 0.3) is 0 Å². The molecule has 1 atom stereocenters. The third kappa shape index (κ3) is 2.63. The molecule has 1 unspecified atom stereocenters. The highest BCUT2D eigenvalue weighted by atomic mass is 19.4. The summed E-state index contributed by atoms with van der Waals surface area (Å²) in [6, 6.07) is 3.53. The number of alkyl halides is 5. The molecule has 1 rings (SSSR count). The number of hydrogen-bond donors (Lipinski definition) is 1. The molecule has 0 aliphatic rings. The van der Waals surface area contributed by atoms with Gasteiger partial charge in [-0.1, -0.05) is 24.3 Å². The van der Waals surface area contributed by atoms with Crippen LogP contribution in [0.15, 0.2) is 36.9 Å². The van der Waals surface area contributed by atoms with Crippen LogP contribution in [0.25, 0.3) is 0 Å². The molecule has 0 aromatic heterocycles. The number of aliphatic hydroxyl groups is 1. The van der Waals surface area contributed by atoms with Crippen molar-refractivity contribution in [2.45, 2.75) is 18.2 Å². The molecule has 0 saturated carbocycles. The van der Waals surface area contributed by atoms with Gasteiger partial charge < -0.3 is 5.11 Å². The topological polar surface area (TPSA) is 20.2 Å². The molecular formula is C11H9F5O. The van der Waals surface area contributed by atoms with E-state index in [1.807, 2.05) is 0 Å². The van der Waals surface area contributed by atoms with Crippen molar-refractivity contribution in [2.75, 3.05) is 0 Å². The van der Waals surface area contributed by atoms with Crippen molar-refractivity contribution in [3.05, 3.63) is 48.0 Å². The summed E-state index contributed by atoms with van der Waals surface area (Å²) in [7, 11) is 0. The Hall–Kier alpha value is -1.43. The zero-order valence-corrected chi connectivity index (χ0v) is 8.51. The molecule has 0 radical (unpaired) electrons. The molecule has 17 heavy (non-hydrogen) atoms. The minimum absolute atomic E-state index is 0.0681. The maximum atomic E-state index is 13.0. The van der Waals surface area contributed by atoms with Crippen LogP contribution in [0, 0.1) is 0 Å². The summed E-state index contributed by atoms with van der Waals surface area (Å²) in [6.45, 7) is 3.22. The summed E-state index contributed by atoms with van der Waals surface area (Å²) < 4.78 is 62.3. The number of halogens is 5. The van der Waals surface area contributed by atoms with Crippen LogP contribution >= 0.6 is 0 Å². The lowest BCUT2D eigenvalue weighted by Crippen LogP contribution is -2.33. The molecule has 6 heteroatoms. The SMILES string of the molecule is C=CC(O)c1cccc(C(F)(F)C(F)(F)F)c1. The minimum Gasteiger partial charge on any atom is -0.384 e. The molecule has 1 N–H and O–H groups in total. The fourth-order valence-electron chi connectivity index (χ4n) is 1.22. The Bertz CT molecular complexity index is 411. The van der Waals surface area contributed by atoms with Gasteiger partial charge in [-0.2, -0.15) is 22.0 Å². The fraction of sp³-hybridized carbons (Fsp3) is 0.273. The van der Waals surface area contributed by atoms with Crippen molar-refractivity contribution in [1.29, 1.82) is 0 Å². The van der Waals surface area contributed by atoms with Gasteiger partial charge in [-0.25, -0.2) is 0 Å². The van der Waals surface area contributed by atoms with Crippen LogP contribution in [0.1, 0.15) is 17.2 Å². The van der Waals surface area contributed by atoms with Crippen molar-refractivity contribution in [2.24, 2.45) is 0 Å². The van der Waals surface area contributed by atoms with Crippen molar-refractivity contribution in [1.82, 2.24) is 0 Å². The fourth-order valence-corrected chi connectivity index (χ4v) is 1.22. The van der Waals surface area contributed by atoms with E-state index in [1.54, 1.807) is 0 Å². The minimum atomic E-state index is -5.66. The average Bonchev–Trinajstić information content (AvgIpc) is 2.26. The third-order valence-electron chi connectivity index (χ3n) is 2.17. The Labute approximate surface area is 94.2 Å². The molecule has 94 valence electrons. The van der Waals surface area contributed by atoms with E-state index in [9.17, 15) is 27.1 Å². The van der Waals surface area contributed by atoms with Gasteiger partial charge in [0.1, 0.15) is 0 Å². The van der Waals surface area contributed by atoms with Crippen molar-refractivity contribution >= 4 is 0 Å². The predicted molar refractivity (Wildman–Crippen MR) is 51.5 cm³/mol. The summed E-state index contributed by atoms with van der Waals surface area (Å²) >= 11 is 0. The van der Waals surface area contributed by atoms with Gasteiger partial charge in [0, 0.05) is 5.56 Å². The Morgan fingerprint density at radius 2 is 1.76 bits per heavy atom. The second-order valence-corrected chi connectivity index (χ2v) is 3.38. The average molecular weight is 252 g/mol. The van der Waals surface area contributed by atoms with E-state index in [2.05, 4.69) is 6.58 Å². The second-order valence-electron chi connectivity index (χ2n) is 3.38. The van der Waals surface area contributed by atoms with Gasteiger partial charge in [0.2, 0.25) is 0 Å². The second kappa shape index (κ2) is 4.44. The van der Waals surface area contributed by atoms with Crippen LogP contribution in [0.2, 0.25) is 0 Å². The maximum Gasteiger partial charge on any atom is 0.458 e. The highest BCUT2D eigenvalue weighted by molar-refractivity contribution is 5.30. The zero-order valence-electron chi connectivity index (χ0n) is 8.51. The van der Waals surface area contributed by atoms with E-state index in [0.29, 0.717) is 12.1 Å². The third-order valence-corrected chi connectivity index (χ3v) is 2.17. The predicted octanol–water partition coefficient (Wildman–Crippen LogP) is 3.56. The standard InChI is InChI=1S/C11H9F5O/c1-2-9(17)7-4-3-5-8(6-7)10(12,13)11(14,15)16/h2-6,9,17H,1H2. The van der Waals surface area contributed by atoms with Crippen LogP contribution in [0.3, 0.4) is 0 Å². The van der Waals surface area contributed by atoms with Gasteiger partial charge in [0.15, 0.2) is 0 Å². The highest BCUT2D eigenvalue weighted by Crippen LogP contribution is 2.44. The molecule has 0 saturated heterocycles. The molecule has 1 nitrogen and oxygen atoms in total. The number of rotatable bonds is 3. The summed E-state index contributed by atoms with van der Waals surface area (Å²) in [5, 5.41) is 9.28. The largest absolute Gasteiger partial charge is 0.458 e. The van der Waals surface area contributed by atoms with E-state index in [4.69, 9.17) is 0 Å². The summed E-state index contributed by atoms with van der Waals surface area (Å²) in [5.41, 5.74) is -1.27. The monoisotopic (exact) mass is 252 g/mol. The van der Waals surface area contributed by atoms with Crippen LogP contribution in [0.4, 0.5) is 22.0 Å². The molecule has 0 fully saturated rings. The smallest absolute Gasteiger partial charge is 0.384 e. The molecule has 0 aliphatic carbocycles. The van der Waals surface area contributed by atoms with Crippen LogP contribution in [-0.2, 0) is 5.92 Å². The van der Waals surface area contributed by atoms with E-state index in [-0.39, 0.29) is 5.56 Å². The van der Waals surface area contributed by atoms with Gasteiger partial charge in [0.05, 0.1) is 6.10 Å². The van der Waals surface area contributed by atoms with E-state index in [0.717, 1.165) is 12.1 Å². The normalized spacial score (nSPS) is 14.5. The molecule has 1 aromatic rings. The maximum absolute atomic E-state index is 13.0. The quantitative estimate of drug-likeness (QED) is 0.644. The van der Waals surface area contributed by atoms with E-state index in [1.165, 1.54) is 6.07 Å². The van der Waals surface area contributed by atoms with Gasteiger partial charge in [-0.05, 0) is 11.6 Å². The first-order chi connectivity index (χ1) is 7.70. The van der Waals surface area contributed by atoms with Crippen LogP contribution in [0.5, 0.6) is 0 Å². The lowest BCUT2D eigenvalue weighted by atomic mass is 10.0. The molecule has 0 bridgehead atoms. The van der Waals surface area contributed by atoms with Gasteiger partial charge in [-0.15, -0.1) is 6.58 Å². The molecule has 0 amide bonds. The Kier molecular flexibility index (Phi) is 3.56.